The van der Waals surface area contributed by atoms with E-state index in [9.17, 15) is 4.79 Å². The standard InChI is InChI=1S/C12H11N3O/c16-12(14-9-4-5-9)10-6-3-8-2-1-7-13-11(8)15-10/h1-3,6-7,9H,4-5H2,(H,14,16). The predicted octanol–water partition coefficient (Wildman–Crippen LogP) is 1.52. The van der Waals surface area contributed by atoms with Gasteiger partial charge in [-0.05, 0) is 37.1 Å². The molecule has 2 heterocycles. The van der Waals surface area contributed by atoms with E-state index < -0.39 is 0 Å². The molecule has 1 aliphatic rings. The molecule has 1 amide bonds. The van der Waals surface area contributed by atoms with Crippen molar-refractivity contribution in [2.75, 3.05) is 0 Å². The smallest absolute Gasteiger partial charge is 0.270 e. The minimum Gasteiger partial charge on any atom is -0.348 e. The first kappa shape index (κ1) is 9.27. The molecule has 3 rings (SSSR count). The first-order chi connectivity index (χ1) is 7.83. The molecule has 80 valence electrons. The van der Waals surface area contributed by atoms with Crippen LogP contribution < -0.4 is 5.32 Å². The number of fused-ring (bicyclic) bond motifs is 1. The third-order valence-electron chi connectivity index (χ3n) is 2.61. The van der Waals surface area contributed by atoms with Crippen LogP contribution in [0, 0.1) is 0 Å². The van der Waals surface area contributed by atoms with Gasteiger partial charge in [0.25, 0.3) is 5.91 Å². The first-order valence-electron chi connectivity index (χ1n) is 5.35. The number of carbonyl (C=O) groups is 1. The number of hydrogen-bond acceptors (Lipinski definition) is 3. The average Bonchev–Trinajstić information content (AvgIpc) is 3.12. The molecule has 4 heteroatoms. The maximum atomic E-state index is 11.7. The minimum absolute atomic E-state index is 0.102. The maximum absolute atomic E-state index is 11.7. The molecule has 0 saturated heterocycles. The monoisotopic (exact) mass is 213 g/mol. The van der Waals surface area contributed by atoms with Crippen LogP contribution in [-0.2, 0) is 0 Å². The predicted molar refractivity (Wildman–Crippen MR) is 60.0 cm³/mol. The Balaban J connectivity index is 1.94. The van der Waals surface area contributed by atoms with Crippen LogP contribution in [0.3, 0.4) is 0 Å². The molecule has 1 saturated carbocycles. The molecule has 2 aromatic rings. The molecule has 1 fully saturated rings. The van der Waals surface area contributed by atoms with E-state index in [2.05, 4.69) is 15.3 Å². The summed E-state index contributed by atoms with van der Waals surface area (Å²) in [7, 11) is 0. The highest BCUT2D eigenvalue weighted by molar-refractivity contribution is 5.94. The second-order valence-corrected chi connectivity index (χ2v) is 3.99. The zero-order valence-corrected chi connectivity index (χ0v) is 8.68. The number of pyridine rings is 2. The van der Waals surface area contributed by atoms with Gasteiger partial charge in [0.1, 0.15) is 5.69 Å². The van der Waals surface area contributed by atoms with Gasteiger partial charge in [0.05, 0.1) is 0 Å². The number of rotatable bonds is 2. The Morgan fingerprint density at radius 3 is 3.00 bits per heavy atom. The highest BCUT2D eigenvalue weighted by Gasteiger charge is 2.24. The lowest BCUT2D eigenvalue weighted by Crippen LogP contribution is -2.26. The molecule has 0 radical (unpaired) electrons. The van der Waals surface area contributed by atoms with Gasteiger partial charge < -0.3 is 5.32 Å². The first-order valence-corrected chi connectivity index (χ1v) is 5.35. The summed E-state index contributed by atoms with van der Waals surface area (Å²) in [5.74, 6) is -0.102. The second kappa shape index (κ2) is 3.56. The van der Waals surface area contributed by atoms with E-state index in [1.165, 1.54) is 0 Å². The number of nitrogens with one attached hydrogen (secondary N) is 1. The Hall–Kier alpha value is -1.97. The van der Waals surface area contributed by atoms with E-state index >= 15 is 0 Å². The summed E-state index contributed by atoms with van der Waals surface area (Å²) in [5.41, 5.74) is 1.06. The number of amides is 1. The summed E-state index contributed by atoms with van der Waals surface area (Å²) in [4.78, 5) is 20.1. The lowest BCUT2D eigenvalue weighted by molar-refractivity contribution is 0.0946. The van der Waals surface area contributed by atoms with Crippen LogP contribution in [-0.4, -0.2) is 21.9 Å². The van der Waals surface area contributed by atoms with Gasteiger partial charge in [-0.1, -0.05) is 0 Å². The van der Waals surface area contributed by atoms with Crippen LogP contribution >= 0.6 is 0 Å². The fourth-order valence-electron chi connectivity index (χ4n) is 1.57. The molecule has 0 atom stereocenters. The van der Waals surface area contributed by atoms with Crippen molar-refractivity contribution in [3.05, 3.63) is 36.2 Å². The third kappa shape index (κ3) is 1.74. The van der Waals surface area contributed by atoms with Gasteiger partial charge in [-0.25, -0.2) is 9.97 Å². The van der Waals surface area contributed by atoms with Gasteiger partial charge in [0, 0.05) is 17.6 Å². The van der Waals surface area contributed by atoms with E-state index in [4.69, 9.17) is 0 Å². The highest BCUT2D eigenvalue weighted by atomic mass is 16.2. The Bertz CT molecular complexity index is 549. The van der Waals surface area contributed by atoms with Crippen molar-refractivity contribution in [1.29, 1.82) is 0 Å². The van der Waals surface area contributed by atoms with Crippen LogP contribution in [0.25, 0.3) is 11.0 Å². The molecular formula is C12H11N3O. The Morgan fingerprint density at radius 1 is 1.31 bits per heavy atom. The molecule has 0 aliphatic heterocycles. The van der Waals surface area contributed by atoms with Crippen molar-refractivity contribution in [2.24, 2.45) is 0 Å². The molecular weight excluding hydrogens is 202 g/mol. The van der Waals surface area contributed by atoms with Crippen molar-refractivity contribution in [3.63, 3.8) is 0 Å². The molecule has 16 heavy (non-hydrogen) atoms. The number of carbonyl (C=O) groups excluding carboxylic acids is 1. The summed E-state index contributed by atoms with van der Waals surface area (Å²) < 4.78 is 0. The SMILES string of the molecule is O=C(NC1CC1)c1ccc2cccnc2n1. The van der Waals surface area contributed by atoms with Gasteiger partial charge in [0.15, 0.2) is 5.65 Å². The molecule has 2 aromatic heterocycles. The van der Waals surface area contributed by atoms with Crippen LogP contribution in [0.2, 0.25) is 0 Å². The summed E-state index contributed by atoms with van der Waals surface area (Å²) >= 11 is 0. The largest absolute Gasteiger partial charge is 0.348 e. The van der Waals surface area contributed by atoms with E-state index in [0.29, 0.717) is 17.4 Å². The van der Waals surface area contributed by atoms with Gasteiger partial charge in [-0.2, -0.15) is 0 Å². The number of nitrogens with zero attached hydrogens (tertiary/aromatic N) is 2. The van der Waals surface area contributed by atoms with Crippen LogP contribution in [0.15, 0.2) is 30.5 Å². The van der Waals surface area contributed by atoms with Gasteiger partial charge in [-0.3, -0.25) is 4.79 Å². The third-order valence-corrected chi connectivity index (χ3v) is 2.61. The number of aromatic nitrogens is 2. The summed E-state index contributed by atoms with van der Waals surface area (Å²) in [6, 6.07) is 7.75. The van der Waals surface area contributed by atoms with Crippen molar-refractivity contribution >= 4 is 16.9 Å². The van der Waals surface area contributed by atoms with Gasteiger partial charge in [0.2, 0.25) is 0 Å². The lowest BCUT2D eigenvalue weighted by Gasteiger charge is -2.03. The fourth-order valence-corrected chi connectivity index (χ4v) is 1.57. The summed E-state index contributed by atoms with van der Waals surface area (Å²) in [5, 5.41) is 3.86. The Labute approximate surface area is 92.7 Å². The van der Waals surface area contributed by atoms with Crippen molar-refractivity contribution in [2.45, 2.75) is 18.9 Å². The zero-order chi connectivity index (χ0) is 11.0. The van der Waals surface area contributed by atoms with E-state index in [0.717, 1.165) is 18.2 Å². The maximum Gasteiger partial charge on any atom is 0.270 e. The molecule has 0 bridgehead atoms. The fraction of sp³-hybridized carbons (Fsp3) is 0.250. The molecule has 0 spiro atoms. The molecule has 1 N–H and O–H groups in total. The highest BCUT2D eigenvalue weighted by Crippen LogP contribution is 2.19. The molecule has 4 nitrogen and oxygen atoms in total. The van der Waals surface area contributed by atoms with Crippen molar-refractivity contribution in [3.8, 4) is 0 Å². The quantitative estimate of drug-likeness (QED) is 0.822. The van der Waals surface area contributed by atoms with Crippen LogP contribution in [0.1, 0.15) is 23.3 Å². The Morgan fingerprint density at radius 2 is 2.19 bits per heavy atom. The minimum atomic E-state index is -0.102. The average molecular weight is 213 g/mol. The van der Waals surface area contributed by atoms with Crippen LogP contribution in [0.4, 0.5) is 0 Å². The molecule has 1 aliphatic carbocycles. The van der Waals surface area contributed by atoms with Gasteiger partial charge >= 0.3 is 0 Å². The molecule has 0 unspecified atom stereocenters. The van der Waals surface area contributed by atoms with Crippen molar-refractivity contribution < 1.29 is 4.79 Å². The van der Waals surface area contributed by atoms with E-state index in [1.54, 1.807) is 12.3 Å². The molecule has 0 aromatic carbocycles. The van der Waals surface area contributed by atoms with E-state index in [1.807, 2.05) is 18.2 Å². The topological polar surface area (TPSA) is 54.9 Å². The normalized spacial score (nSPS) is 15.0. The summed E-state index contributed by atoms with van der Waals surface area (Å²) in [6.07, 6.45) is 3.84. The summed E-state index contributed by atoms with van der Waals surface area (Å²) in [6.45, 7) is 0. The zero-order valence-electron chi connectivity index (χ0n) is 8.68. The van der Waals surface area contributed by atoms with E-state index in [-0.39, 0.29) is 5.91 Å². The Kier molecular flexibility index (Phi) is 2.06. The van der Waals surface area contributed by atoms with Gasteiger partial charge in [-0.15, -0.1) is 0 Å². The van der Waals surface area contributed by atoms with Crippen molar-refractivity contribution in [1.82, 2.24) is 15.3 Å². The van der Waals surface area contributed by atoms with Crippen LogP contribution in [0.5, 0.6) is 0 Å². The number of hydrogen-bond donors (Lipinski definition) is 1. The second-order valence-electron chi connectivity index (χ2n) is 3.99. The lowest BCUT2D eigenvalue weighted by atomic mass is 10.2.